The second-order valence-electron chi connectivity index (χ2n) is 7.14. The first-order chi connectivity index (χ1) is 10.2. The van der Waals surface area contributed by atoms with Crippen molar-refractivity contribution in [1.82, 2.24) is 14.9 Å². The van der Waals surface area contributed by atoms with Crippen molar-refractivity contribution < 1.29 is 0 Å². The van der Waals surface area contributed by atoms with E-state index in [4.69, 9.17) is 4.98 Å². The lowest BCUT2D eigenvalue weighted by molar-refractivity contribution is 0.390. The van der Waals surface area contributed by atoms with E-state index in [2.05, 4.69) is 22.9 Å². The van der Waals surface area contributed by atoms with E-state index in [9.17, 15) is 5.26 Å². The zero-order chi connectivity index (χ0) is 14.4. The van der Waals surface area contributed by atoms with Crippen LogP contribution in [0.5, 0.6) is 0 Å². The van der Waals surface area contributed by atoms with Crippen LogP contribution in [-0.4, -0.2) is 21.1 Å². The number of aryl methyl sites for hydroxylation is 2. The topological polar surface area (TPSA) is 53.6 Å². The average molecular weight is 284 g/mol. The van der Waals surface area contributed by atoms with E-state index >= 15 is 0 Å². The molecule has 4 heteroatoms. The maximum absolute atomic E-state index is 9.68. The van der Waals surface area contributed by atoms with Crippen molar-refractivity contribution in [2.75, 3.05) is 0 Å². The van der Waals surface area contributed by atoms with Gasteiger partial charge in [0.15, 0.2) is 0 Å². The van der Waals surface area contributed by atoms with Crippen molar-refractivity contribution in [3.63, 3.8) is 0 Å². The van der Waals surface area contributed by atoms with E-state index in [1.807, 2.05) is 0 Å². The number of imidazole rings is 1. The highest BCUT2D eigenvalue weighted by Crippen LogP contribution is 2.41. The first-order valence-electron chi connectivity index (χ1n) is 8.46. The number of rotatable bonds is 3. The van der Waals surface area contributed by atoms with Crippen LogP contribution in [0.2, 0.25) is 0 Å². The predicted octanol–water partition coefficient (Wildman–Crippen LogP) is 2.81. The van der Waals surface area contributed by atoms with E-state index in [1.165, 1.54) is 43.5 Å². The average Bonchev–Trinajstić information content (AvgIpc) is 3.09. The minimum Gasteiger partial charge on any atom is -0.329 e. The molecule has 1 N–H and O–H groups in total. The van der Waals surface area contributed by atoms with Gasteiger partial charge in [0.05, 0.1) is 11.8 Å². The lowest BCUT2D eigenvalue weighted by atomic mass is 9.98. The van der Waals surface area contributed by atoms with Crippen LogP contribution in [0.1, 0.15) is 68.2 Å². The van der Waals surface area contributed by atoms with Crippen molar-refractivity contribution in [2.24, 2.45) is 0 Å². The van der Waals surface area contributed by atoms with E-state index in [1.54, 1.807) is 0 Å². The molecule has 0 bridgehead atoms. The van der Waals surface area contributed by atoms with Gasteiger partial charge >= 0.3 is 0 Å². The number of hydrogen-bond donors (Lipinski definition) is 1. The Kier molecular flexibility index (Phi) is 3.08. The molecule has 3 aliphatic carbocycles. The molecule has 0 saturated heterocycles. The van der Waals surface area contributed by atoms with Gasteiger partial charge in [0.1, 0.15) is 11.4 Å². The maximum Gasteiger partial charge on any atom is 0.109 e. The van der Waals surface area contributed by atoms with Gasteiger partial charge in [0.2, 0.25) is 0 Å². The van der Waals surface area contributed by atoms with Crippen LogP contribution < -0.4 is 5.32 Å². The Bertz CT molecular complexity index is 593. The highest BCUT2D eigenvalue weighted by molar-refractivity contribution is 5.23. The normalized spacial score (nSPS) is 31.9. The Morgan fingerprint density at radius 2 is 2.10 bits per heavy atom. The van der Waals surface area contributed by atoms with Gasteiger partial charge in [-0.1, -0.05) is 0 Å². The molecule has 21 heavy (non-hydrogen) atoms. The fraction of sp³-hybridized carbons (Fsp3) is 0.765. The molecule has 2 fully saturated rings. The summed E-state index contributed by atoms with van der Waals surface area (Å²) in [5.74, 6) is 1.16. The summed E-state index contributed by atoms with van der Waals surface area (Å²) in [4.78, 5) is 4.80. The Morgan fingerprint density at radius 3 is 2.86 bits per heavy atom. The number of nitrogens with one attached hydrogen (secondary N) is 1. The summed E-state index contributed by atoms with van der Waals surface area (Å²) < 4.78 is 2.47. The summed E-state index contributed by atoms with van der Waals surface area (Å²) in [5.41, 5.74) is 2.50. The van der Waals surface area contributed by atoms with Crippen LogP contribution in [0.3, 0.4) is 0 Å². The molecular formula is C17H24N4. The number of nitriles is 1. The van der Waals surface area contributed by atoms with E-state index in [-0.39, 0.29) is 5.54 Å². The second kappa shape index (κ2) is 4.84. The summed E-state index contributed by atoms with van der Waals surface area (Å²) >= 11 is 0. The molecule has 1 aromatic heterocycles. The maximum atomic E-state index is 9.68. The smallest absolute Gasteiger partial charge is 0.109 e. The molecule has 0 aromatic carbocycles. The van der Waals surface area contributed by atoms with Gasteiger partial charge in [-0.05, 0) is 64.7 Å². The van der Waals surface area contributed by atoms with Gasteiger partial charge < -0.3 is 4.57 Å². The number of aromatic nitrogens is 2. The van der Waals surface area contributed by atoms with Crippen molar-refractivity contribution >= 4 is 0 Å². The molecule has 4 rings (SSSR count). The predicted molar refractivity (Wildman–Crippen MR) is 81.0 cm³/mol. The summed E-state index contributed by atoms with van der Waals surface area (Å²) in [6.45, 7) is 2.14. The molecule has 112 valence electrons. The SMILES string of the molecule is Cc1nc2c(n1C1CCC(C#N)(NC3CC3)C1)CCCC2. The number of fused-ring (bicyclic) bond motifs is 1. The van der Waals surface area contributed by atoms with Crippen LogP contribution in [-0.2, 0) is 12.8 Å². The zero-order valence-corrected chi connectivity index (χ0v) is 12.9. The minimum absolute atomic E-state index is 0.288. The summed E-state index contributed by atoms with van der Waals surface area (Å²) in [7, 11) is 0. The molecule has 1 aromatic rings. The lowest BCUT2D eigenvalue weighted by Crippen LogP contribution is -2.43. The van der Waals surface area contributed by atoms with Crippen LogP contribution in [0.4, 0.5) is 0 Å². The van der Waals surface area contributed by atoms with Crippen LogP contribution in [0, 0.1) is 18.3 Å². The molecule has 0 aliphatic heterocycles. The van der Waals surface area contributed by atoms with Crippen molar-refractivity contribution in [3.05, 3.63) is 17.2 Å². The molecular weight excluding hydrogens is 260 g/mol. The summed E-state index contributed by atoms with van der Waals surface area (Å²) in [5, 5.41) is 13.3. The molecule has 2 atom stereocenters. The van der Waals surface area contributed by atoms with Crippen molar-refractivity contribution in [2.45, 2.75) is 82.3 Å². The molecule has 4 nitrogen and oxygen atoms in total. The Labute approximate surface area is 126 Å². The van der Waals surface area contributed by atoms with E-state index in [0.29, 0.717) is 12.1 Å². The third-order valence-electron chi connectivity index (χ3n) is 5.47. The fourth-order valence-corrected chi connectivity index (χ4v) is 4.31. The fourth-order valence-electron chi connectivity index (χ4n) is 4.31. The molecule has 0 spiro atoms. The Morgan fingerprint density at radius 1 is 1.29 bits per heavy atom. The van der Waals surface area contributed by atoms with Gasteiger partial charge in [-0.3, -0.25) is 5.32 Å². The molecule has 2 saturated carbocycles. The number of nitrogens with zero attached hydrogens (tertiary/aromatic N) is 3. The zero-order valence-electron chi connectivity index (χ0n) is 12.9. The summed E-state index contributed by atoms with van der Waals surface area (Å²) in [6, 6.07) is 3.66. The first-order valence-corrected chi connectivity index (χ1v) is 8.46. The van der Waals surface area contributed by atoms with Gasteiger partial charge in [0, 0.05) is 17.8 Å². The van der Waals surface area contributed by atoms with E-state index in [0.717, 1.165) is 31.5 Å². The summed E-state index contributed by atoms with van der Waals surface area (Å²) in [6.07, 6.45) is 10.4. The van der Waals surface area contributed by atoms with Crippen molar-refractivity contribution in [1.29, 1.82) is 5.26 Å². The standard InChI is InChI=1S/C17H24N4/c1-12-19-15-4-2-3-5-16(15)21(12)14-8-9-17(10-14,11-18)20-13-6-7-13/h13-14,20H,2-10H2,1H3. The molecule has 3 aliphatic rings. The minimum atomic E-state index is -0.288. The third kappa shape index (κ3) is 2.28. The van der Waals surface area contributed by atoms with Gasteiger partial charge in [0.25, 0.3) is 0 Å². The Balaban J connectivity index is 1.60. The Hall–Kier alpha value is -1.34. The van der Waals surface area contributed by atoms with Crippen LogP contribution in [0.25, 0.3) is 0 Å². The molecule has 1 heterocycles. The van der Waals surface area contributed by atoms with Gasteiger partial charge in [-0.25, -0.2) is 4.98 Å². The van der Waals surface area contributed by atoms with Crippen LogP contribution in [0.15, 0.2) is 0 Å². The van der Waals surface area contributed by atoms with Crippen molar-refractivity contribution in [3.8, 4) is 6.07 Å². The first kappa shape index (κ1) is 13.3. The molecule has 0 radical (unpaired) electrons. The highest BCUT2D eigenvalue weighted by Gasteiger charge is 2.44. The van der Waals surface area contributed by atoms with Gasteiger partial charge in [-0.15, -0.1) is 0 Å². The largest absolute Gasteiger partial charge is 0.329 e. The molecule has 2 unspecified atom stereocenters. The third-order valence-corrected chi connectivity index (χ3v) is 5.47. The second-order valence-corrected chi connectivity index (χ2v) is 7.14. The van der Waals surface area contributed by atoms with E-state index < -0.39 is 0 Å². The quantitative estimate of drug-likeness (QED) is 0.928. The lowest BCUT2D eigenvalue weighted by Gasteiger charge is -2.24. The van der Waals surface area contributed by atoms with Crippen LogP contribution >= 0.6 is 0 Å². The monoisotopic (exact) mass is 284 g/mol. The van der Waals surface area contributed by atoms with Gasteiger partial charge in [-0.2, -0.15) is 5.26 Å². The number of hydrogen-bond acceptors (Lipinski definition) is 3. The highest BCUT2D eigenvalue weighted by atomic mass is 15.1. The molecule has 0 amide bonds.